The number of halogens is 1. The monoisotopic (exact) mass is 532 g/mol. The lowest BCUT2D eigenvalue weighted by molar-refractivity contribution is 0.206. The maximum Gasteiger partial charge on any atom is 0.191 e. The van der Waals surface area contributed by atoms with Gasteiger partial charge in [0.05, 0.1) is 20.8 Å². The van der Waals surface area contributed by atoms with Crippen molar-refractivity contribution in [2.45, 2.75) is 58.4 Å². The highest BCUT2D eigenvalue weighted by Gasteiger charge is 2.23. The SMILES string of the molecule is CCCN1CCC(NC(=NCC(C)(C)c2ccc(OC)c(OC)c2)NCC)CC1.I. The third-order valence-electron chi connectivity index (χ3n) is 5.61. The summed E-state index contributed by atoms with van der Waals surface area (Å²) in [6.07, 6.45) is 3.57. The molecule has 0 radical (unpaired) electrons. The number of benzene rings is 1. The molecule has 2 N–H and O–H groups in total. The van der Waals surface area contributed by atoms with Crippen molar-refractivity contribution in [2.75, 3.05) is 46.9 Å². The topological polar surface area (TPSA) is 58.1 Å². The molecule has 0 aliphatic carbocycles. The molecule has 0 aromatic heterocycles. The van der Waals surface area contributed by atoms with E-state index in [1.165, 1.54) is 44.5 Å². The van der Waals surface area contributed by atoms with Gasteiger partial charge in [0.2, 0.25) is 0 Å². The number of nitrogens with zero attached hydrogens (tertiary/aromatic N) is 2. The van der Waals surface area contributed by atoms with Crippen LogP contribution < -0.4 is 20.1 Å². The van der Waals surface area contributed by atoms with Crippen LogP contribution in [0, 0.1) is 0 Å². The van der Waals surface area contributed by atoms with Gasteiger partial charge in [-0.1, -0.05) is 26.8 Å². The molecule has 1 aromatic carbocycles. The Bertz CT molecular complexity index is 659. The van der Waals surface area contributed by atoms with Crippen LogP contribution in [0.4, 0.5) is 0 Å². The van der Waals surface area contributed by atoms with Gasteiger partial charge in [0.15, 0.2) is 17.5 Å². The molecule has 0 spiro atoms. The number of piperidine rings is 1. The molecule has 1 heterocycles. The third-order valence-corrected chi connectivity index (χ3v) is 5.61. The van der Waals surface area contributed by atoms with E-state index in [9.17, 15) is 0 Å². The molecule has 2 rings (SSSR count). The van der Waals surface area contributed by atoms with E-state index in [-0.39, 0.29) is 29.4 Å². The number of nitrogens with one attached hydrogen (secondary N) is 2. The number of ether oxygens (including phenoxy) is 2. The fourth-order valence-electron chi connectivity index (χ4n) is 3.76. The standard InChI is InChI=1S/C23H40N4O2.HI/c1-7-13-27-14-11-19(12-15-27)26-22(24-8-2)25-17-23(3,4)18-9-10-20(28-5)21(16-18)29-6;/h9-10,16,19H,7-8,11-15,17H2,1-6H3,(H2,24,25,26);1H. The van der Waals surface area contributed by atoms with Crippen LogP contribution in [-0.2, 0) is 5.41 Å². The average Bonchev–Trinajstić information content (AvgIpc) is 2.73. The Morgan fingerprint density at radius 1 is 1.13 bits per heavy atom. The minimum absolute atomic E-state index is 0. The van der Waals surface area contributed by atoms with E-state index < -0.39 is 0 Å². The molecule has 0 amide bonds. The highest BCUT2D eigenvalue weighted by molar-refractivity contribution is 14.0. The normalized spacial score (nSPS) is 16.0. The summed E-state index contributed by atoms with van der Waals surface area (Å²) in [6, 6.07) is 6.61. The van der Waals surface area contributed by atoms with Gasteiger partial charge in [0.25, 0.3) is 0 Å². The van der Waals surface area contributed by atoms with Crippen molar-refractivity contribution in [2.24, 2.45) is 4.99 Å². The first-order valence-corrected chi connectivity index (χ1v) is 10.9. The number of likely N-dealkylation sites (tertiary alicyclic amines) is 1. The van der Waals surface area contributed by atoms with Crippen molar-refractivity contribution in [3.63, 3.8) is 0 Å². The molecule has 6 nitrogen and oxygen atoms in total. The summed E-state index contributed by atoms with van der Waals surface area (Å²) in [6.45, 7) is 13.9. The first-order valence-electron chi connectivity index (χ1n) is 10.9. The van der Waals surface area contributed by atoms with Gasteiger partial charge in [0.1, 0.15) is 0 Å². The Kier molecular flexibility index (Phi) is 11.8. The van der Waals surface area contributed by atoms with E-state index in [1.807, 2.05) is 6.07 Å². The van der Waals surface area contributed by atoms with Crippen LogP contribution in [0.3, 0.4) is 0 Å². The van der Waals surface area contributed by atoms with Crippen molar-refractivity contribution in [1.29, 1.82) is 0 Å². The largest absolute Gasteiger partial charge is 0.493 e. The van der Waals surface area contributed by atoms with Crippen LogP contribution in [0.15, 0.2) is 23.2 Å². The molecular weight excluding hydrogens is 491 g/mol. The van der Waals surface area contributed by atoms with Crippen molar-refractivity contribution in [3.8, 4) is 11.5 Å². The Hall–Kier alpha value is -1.22. The van der Waals surface area contributed by atoms with Crippen molar-refractivity contribution >= 4 is 29.9 Å². The van der Waals surface area contributed by atoms with Crippen LogP contribution >= 0.6 is 24.0 Å². The zero-order valence-electron chi connectivity index (χ0n) is 19.6. The zero-order valence-corrected chi connectivity index (χ0v) is 21.9. The molecule has 1 fully saturated rings. The Morgan fingerprint density at radius 2 is 1.80 bits per heavy atom. The number of hydrogen-bond acceptors (Lipinski definition) is 4. The minimum Gasteiger partial charge on any atom is -0.493 e. The smallest absolute Gasteiger partial charge is 0.191 e. The summed E-state index contributed by atoms with van der Waals surface area (Å²) >= 11 is 0. The fraction of sp³-hybridized carbons (Fsp3) is 0.696. The molecule has 0 saturated carbocycles. The zero-order chi connectivity index (χ0) is 21.3. The maximum atomic E-state index is 5.47. The van der Waals surface area contributed by atoms with E-state index >= 15 is 0 Å². The predicted molar refractivity (Wildman–Crippen MR) is 137 cm³/mol. The van der Waals surface area contributed by atoms with Gasteiger partial charge in [-0.3, -0.25) is 4.99 Å². The summed E-state index contributed by atoms with van der Waals surface area (Å²) in [4.78, 5) is 7.48. The van der Waals surface area contributed by atoms with E-state index in [0.717, 1.165) is 24.0 Å². The number of hydrogen-bond donors (Lipinski definition) is 2. The van der Waals surface area contributed by atoms with Gasteiger partial charge < -0.3 is 25.0 Å². The quantitative estimate of drug-likeness (QED) is 0.286. The second-order valence-corrected chi connectivity index (χ2v) is 8.41. The summed E-state index contributed by atoms with van der Waals surface area (Å²) in [5, 5.41) is 7.06. The average molecular weight is 533 g/mol. The third kappa shape index (κ3) is 7.80. The lowest BCUT2D eigenvalue weighted by atomic mass is 9.84. The maximum absolute atomic E-state index is 5.47. The molecule has 172 valence electrons. The van der Waals surface area contributed by atoms with Crippen molar-refractivity contribution in [3.05, 3.63) is 23.8 Å². The summed E-state index contributed by atoms with van der Waals surface area (Å²) in [5.41, 5.74) is 1.06. The number of aliphatic imine (C=N–C) groups is 1. The van der Waals surface area contributed by atoms with Crippen molar-refractivity contribution < 1.29 is 9.47 Å². The first-order chi connectivity index (χ1) is 13.9. The van der Waals surface area contributed by atoms with Gasteiger partial charge in [-0.2, -0.15) is 0 Å². The van der Waals surface area contributed by atoms with Crippen LogP contribution in [0.25, 0.3) is 0 Å². The van der Waals surface area contributed by atoms with E-state index in [0.29, 0.717) is 12.6 Å². The molecule has 1 aliphatic rings. The van der Waals surface area contributed by atoms with Crippen molar-refractivity contribution in [1.82, 2.24) is 15.5 Å². The van der Waals surface area contributed by atoms with Crippen LogP contribution in [0.5, 0.6) is 11.5 Å². The van der Waals surface area contributed by atoms with E-state index in [1.54, 1.807) is 14.2 Å². The molecule has 30 heavy (non-hydrogen) atoms. The Labute approximate surface area is 200 Å². The highest BCUT2D eigenvalue weighted by atomic mass is 127. The Morgan fingerprint density at radius 3 is 2.37 bits per heavy atom. The lowest BCUT2D eigenvalue weighted by Crippen LogP contribution is -2.49. The van der Waals surface area contributed by atoms with Gasteiger partial charge in [-0.15, -0.1) is 24.0 Å². The Balaban J connectivity index is 0.00000450. The summed E-state index contributed by atoms with van der Waals surface area (Å²) < 4.78 is 10.8. The molecule has 0 atom stereocenters. The molecule has 7 heteroatoms. The second kappa shape index (κ2) is 13.2. The predicted octanol–water partition coefficient (Wildman–Crippen LogP) is 4.03. The van der Waals surface area contributed by atoms with Gasteiger partial charge >= 0.3 is 0 Å². The van der Waals surface area contributed by atoms with Gasteiger partial charge in [-0.05, 0) is 50.4 Å². The summed E-state index contributed by atoms with van der Waals surface area (Å²) in [5.74, 6) is 2.42. The number of rotatable bonds is 9. The first kappa shape index (κ1) is 26.8. The molecule has 0 unspecified atom stereocenters. The van der Waals surface area contributed by atoms with Crippen LogP contribution in [0.1, 0.15) is 52.5 Å². The van der Waals surface area contributed by atoms with E-state index in [4.69, 9.17) is 14.5 Å². The number of guanidine groups is 1. The fourth-order valence-corrected chi connectivity index (χ4v) is 3.76. The number of methoxy groups -OCH3 is 2. The van der Waals surface area contributed by atoms with Gasteiger partial charge in [0, 0.05) is 31.1 Å². The molecular formula is C23H41IN4O2. The molecule has 1 aromatic rings. The lowest BCUT2D eigenvalue weighted by Gasteiger charge is -2.33. The molecule has 0 bridgehead atoms. The highest BCUT2D eigenvalue weighted by Crippen LogP contribution is 2.33. The van der Waals surface area contributed by atoms with Crippen LogP contribution in [-0.4, -0.2) is 63.8 Å². The van der Waals surface area contributed by atoms with Crippen LogP contribution in [0.2, 0.25) is 0 Å². The minimum atomic E-state index is -0.119. The molecule has 1 aliphatic heterocycles. The van der Waals surface area contributed by atoms with Gasteiger partial charge in [-0.25, -0.2) is 0 Å². The molecule has 1 saturated heterocycles. The second-order valence-electron chi connectivity index (χ2n) is 8.41. The van der Waals surface area contributed by atoms with E-state index in [2.05, 4.69) is 55.4 Å². The summed E-state index contributed by atoms with van der Waals surface area (Å²) in [7, 11) is 3.33.